The predicted molar refractivity (Wildman–Crippen MR) is 299 cm³/mol. The van der Waals surface area contributed by atoms with Gasteiger partial charge in [-0.2, -0.15) is 0 Å². The molecule has 3 rings (SSSR count). The van der Waals surface area contributed by atoms with Crippen molar-refractivity contribution >= 4 is 35.0 Å². The largest absolute Gasteiger partial charge is 0.394 e. The van der Waals surface area contributed by atoms with Crippen molar-refractivity contribution in [3.63, 3.8) is 0 Å². The highest BCUT2D eigenvalue weighted by molar-refractivity contribution is 6.40. The van der Waals surface area contributed by atoms with Gasteiger partial charge in [0.15, 0.2) is 6.29 Å². The van der Waals surface area contributed by atoms with Gasteiger partial charge in [-0.3, -0.25) is 9.59 Å². The highest BCUT2D eigenvalue weighted by Crippen LogP contribution is 2.19. The van der Waals surface area contributed by atoms with Gasteiger partial charge in [0.2, 0.25) is 11.8 Å². The number of benzene rings is 2. The third-order valence-corrected chi connectivity index (χ3v) is 13.1. The molecule has 71 heavy (non-hydrogen) atoms. The number of nitrogens with one attached hydrogen (secondary N) is 2. The first-order valence-electron chi connectivity index (χ1n) is 28.7. The SMILES string of the molecule is CCCCCCCCCCC[C@H](CC(=O)N[C@@H](CO)CCCC)OCc1ccccc1.CCCCCCCCCCC[C@H](CC(=O)N[C@H](CCCC)COC1CCCCO1)OCc1ccccc1.ClCCl. The molecule has 1 saturated heterocycles. The molecular weight excluding hydrogens is 932 g/mol. The topological polar surface area (TPSA) is 115 Å². The number of aliphatic hydroxyl groups excluding tert-OH is 1. The lowest BCUT2D eigenvalue weighted by atomic mass is 10.0. The summed E-state index contributed by atoms with van der Waals surface area (Å²) in [6.45, 7) is 11.2. The minimum atomic E-state index is -0.144. The van der Waals surface area contributed by atoms with E-state index in [1.165, 1.54) is 103 Å². The Morgan fingerprint density at radius 1 is 0.563 bits per heavy atom. The second kappa shape index (κ2) is 49.9. The molecular formula is C60H104Cl2N2O7. The van der Waals surface area contributed by atoms with Crippen molar-refractivity contribution in [3.8, 4) is 0 Å². The zero-order valence-electron chi connectivity index (χ0n) is 45.5. The average Bonchev–Trinajstić information content (AvgIpc) is 3.39. The van der Waals surface area contributed by atoms with Crippen LogP contribution < -0.4 is 10.6 Å². The summed E-state index contributed by atoms with van der Waals surface area (Å²) in [5.74, 6) is 0.0624. The number of ether oxygens (including phenoxy) is 4. The highest BCUT2D eigenvalue weighted by Gasteiger charge is 2.22. The number of carbonyl (C=O) groups excluding carboxylic acids is 2. The zero-order chi connectivity index (χ0) is 51.7. The third kappa shape index (κ3) is 40.8. The first-order chi connectivity index (χ1) is 34.8. The number of amides is 2. The quantitative estimate of drug-likeness (QED) is 0.0448. The van der Waals surface area contributed by atoms with Gasteiger partial charge >= 0.3 is 0 Å². The fraction of sp³-hybridized carbons (Fsp3) is 0.767. The number of rotatable bonds is 42. The van der Waals surface area contributed by atoms with E-state index in [0.717, 1.165) is 101 Å². The number of alkyl halides is 2. The van der Waals surface area contributed by atoms with E-state index in [2.05, 4.69) is 62.6 Å². The molecule has 1 unspecified atom stereocenters. The molecule has 0 aromatic heterocycles. The van der Waals surface area contributed by atoms with E-state index in [1.807, 2.05) is 36.4 Å². The van der Waals surface area contributed by atoms with E-state index >= 15 is 0 Å². The van der Waals surface area contributed by atoms with Crippen LogP contribution in [0, 0.1) is 0 Å². The Morgan fingerprint density at radius 2 is 0.958 bits per heavy atom. The molecule has 0 radical (unpaired) electrons. The number of halogens is 2. The molecule has 410 valence electrons. The van der Waals surface area contributed by atoms with Crippen molar-refractivity contribution in [3.05, 3.63) is 71.8 Å². The lowest BCUT2D eigenvalue weighted by Crippen LogP contribution is -2.41. The van der Waals surface area contributed by atoms with Gasteiger partial charge in [0.05, 0.1) is 68.9 Å². The van der Waals surface area contributed by atoms with Crippen molar-refractivity contribution in [1.82, 2.24) is 10.6 Å². The second-order valence-electron chi connectivity index (χ2n) is 19.7. The molecule has 1 aliphatic heterocycles. The predicted octanol–water partition coefficient (Wildman–Crippen LogP) is 16.1. The Kier molecular flexibility index (Phi) is 47.0. The lowest BCUT2D eigenvalue weighted by Gasteiger charge is -2.26. The van der Waals surface area contributed by atoms with Gasteiger partial charge in [0.25, 0.3) is 0 Å². The van der Waals surface area contributed by atoms with Crippen LogP contribution >= 0.6 is 23.2 Å². The fourth-order valence-corrected chi connectivity index (χ4v) is 8.79. The normalized spacial score (nSPS) is 15.1. The van der Waals surface area contributed by atoms with Gasteiger partial charge in [-0.05, 0) is 56.1 Å². The number of hydrogen-bond donors (Lipinski definition) is 3. The van der Waals surface area contributed by atoms with E-state index in [1.54, 1.807) is 0 Å². The Bertz CT molecular complexity index is 1440. The first-order valence-corrected chi connectivity index (χ1v) is 29.7. The maximum Gasteiger partial charge on any atom is 0.222 e. The summed E-state index contributed by atoms with van der Waals surface area (Å²) in [5, 5.41) is 16.0. The molecule has 3 N–H and O–H groups in total. The summed E-state index contributed by atoms with van der Waals surface area (Å²) < 4.78 is 24.2. The monoisotopic (exact) mass is 1030 g/mol. The molecule has 1 aliphatic rings. The van der Waals surface area contributed by atoms with Crippen LogP contribution in [0.25, 0.3) is 0 Å². The Hall–Kier alpha value is -2.24. The second-order valence-corrected chi connectivity index (χ2v) is 20.5. The van der Waals surface area contributed by atoms with Crippen LogP contribution in [0.3, 0.4) is 0 Å². The van der Waals surface area contributed by atoms with Gasteiger partial charge in [-0.1, -0.05) is 230 Å². The van der Waals surface area contributed by atoms with Gasteiger partial charge in [0.1, 0.15) is 0 Å². The van der Waals surface area contributed by atoms with Crippen molar-refractivity contribution in [1.29, 1.82) is 0 Å². The standard InChI is InChI=1S/C32H55NO4.C27H47NO3.CH2Cl2/c1-3-5-7-8-9-10-11-12-16-22-30(36-26-28-19-14-13-15-20-28)25-31(34)33-29(21-6-4-2)27-37-32-23-17-18-24-35-32;1-3-5-7-8-9-10-11-12-16-20-26(31-23-24-17-14-13-15-18-24)21-27(30)28-25(22-29)19-6-4-2;2-1-3/h13-15,19-20,29-30,32H,3-12,16-18,21-27H2,1-2H3,(H,33,34);13-15,17-18,25-26,29H,3-12,16,19-23H2,1-2H3,(H,28,30);1H2/t29-,30-,32?;25-,26-;/m11./s1. The molecule has 0 spiro atoms. The van der Waals surface area contributed by atoms with Crippen molar-refractivity contribution in [2.75, 3.05) is 25.2 Å². The summed E-state index contributed by atoms with van der Waals surface area (Å²) in [4.78, 5) is 25.6. The number of aliphatic hydroxyl groups is 1. The van der Waals surface area contributed by atoms with Crippen LogP contribution in [-0.2, 0) is 41.8 Å². The van der Waals surface area contributed by atoms with E-state index in [4.69, 9.17) is 42.1 Å². The highest BCUT2D eigenvalue weighted by atomic mass is 35.5. The molecule has 0 bridgehead atoms. The summed E-state index contributed by atoms with van der Waals surface area (Å²) in [6.07, 6.45) is 34.9. The average molecular weight is 1040 g/mol. The molecule has 2 amide bonds. The van der Waals surface area contributed by atoms with Crippen LogP contribution in [0.5, 0.6) is 0 Å². The smallest absolute Gasteiger partial charge is 0.222 e. The van der Waals surface area contributed by atoms with Crippen LogP contribution in [-0.4, -0.2) is 72.7 Å². The molecule has 9 nitrogen and oxygen atoms in total. The van der Waals surface area contributed by atoms with Gasteiger partial charge < -0.3 is 34.7 Å². The minimum Gasteiger partial charge on any atom is -0.394 e. The molecule has 5 atom stereocenters. The first kappa shape index (κ1) is 66.8. The Labute approximate surface area is 444 Å². The van der Waals surface area contributed by atoms with Crippen molar-refractivity contribution in [2.24, 2.45) is 0 Å². The minimum absolute atomic E-state index is 0.000461. The van der Waals surface area contributed by atoms with Crippen molar-refractivity contribution in [2.45, 2.75) is 271 Å². The third-order valence-electron chi connectivity index (χ3n) is 13.1. The molecule has 0 saturated carbocycles. The molecule has 2 aromatic carbocycles. The summed E-state index contributed by atoms with van der Waals surface area (Å²) in [6, 6.07) is 20.3. The van der Waals surface area contributed by atoms with Crippen LogP contribution in [0.1, 0.15) is 238 Å². The van der Waals surface area contributed by atoms with Crippen LogP contribution in [0.4, 0.5) is 0 Å². The van der Waals surface area contributed by atoms with E-state index in [0.29, 0.717) is 32.7 Å². The van der Waals surface area contributed by atoms with E-state index < -0.39 is 0 Å². The number of hydrogen-bond acceptors (Lipinski definition) is 7. The van der Waals surface area contributed by atoms with Crippen molar-refractivity contribution < 1.29 is 33.6 Å². The molecule has 1 fully saturated rings. The lowest BCUT2D eigenvalue weighted by molar-refractivity contribution is -0.167. The van der Waals surface area contributed by atoms with Gasteiger partial charge in [-0.25, -0.2) is 0 Å². The number of carbonyl (C=O) groups is 2. The van der Waals surface area contributed by atoms with E-state index in [-0.39, 0.29) is 54.3 Å². The van der Waals surface area contributed by atoms with Crippen LogP contribution in [0.15, 0.2) is 60.7 Å². The Balaban J connectivity index is 0.000000682. The van der Waals surface area contributed by atoms with Crippen LogP contribution in [0.2, 0.25) is 0 Å². The molecule has 2 aromatic rings. The maximum atomic E-state index is 13.1. The zero-order valence-corrected chi connectivity index (χ0v) is 47.0. The summed E-state index contributed by atoms with van der Waals surface area (Å²) >= 11 is 9.53. The summed E-state index contributed by atoms with van der Waals surface area (Å²) in [7, 11) is 0. The van der Waals surface area contributed by atoms with Gasteiger partial charge in [-0.15, -0.1) is 23.2 Å². The van der Waals surface area contributed by atoms with Gasteiger partial charge in [0, 0.05) is 6.61 Å². The number of unbranched alkanes of at least 4 members (excludes halogenated alkanes) is 18. The fourth-order valence-electron chi connectivity index (χ4n) is 8.79. The molecule has 11 heteroatoms. The maximum absolute atomic E-state index is 13.1. The Morgan fingerprint density at radius 3 is 1.35 bits per heavy atom. The molecule has 1 heterocycles. The van der Waals surface area contributed by atoms with E-state index in [9.17, 15) is 14.7 Å². The summed E-state index contributed by atoms with van der Waals surface area (Å²) in [5.41, 5.74) is 2.29. The molecule has 0 aliphatic carbocycles.